The minimum absolute atomic E-state index is 0.0362. The first-order valence-electron chi connectivity index (χ1n) is 8.77. The lowest BCUT2D eigenvalue weighted by Crippen LogP contribution is -2.20. The third-order valence-electron chi connectivity index (χ3n) is 5.49. The number of rotatable bonds is 6. The monoisotopic (exact) mass is 350 g/mol. The molecule has 0 heterocycles. The van der Waals surface area contributed by atoms with Crippen molar-refractivity contribution in [3.8, 4) is 0 Å². The molecular weight excluding hydrogens is 324 g/mol. The number of anilines is 2. The Bertz CT molecular complexity index is 730. The van der Waals surface area contributed by atoms with Crippen LogP contribution >= 0.6 is 0 Å². The number of hydrogen-bond donors (Lipinski definition) is 2. The van der Waals surface area contributed by atoms with Gasteiger partial charge in [0.2, 0.25) is 15.9 Å². The van der Waals surface area contributed by atoms with E-state index in [0.29, 0.717) is 18.0 Å². The van der Waals surface area contributed by atoms with Gasteiger partial charge in [-0.05, 0) is 74.6 Å². The van der Waals surface area contributed by atoms with E-state index in [-0.39, 0.29) is 11.7 Å². The SMILES string of the molecule is CCS(=O)(=O)Nc1ccc(NC(=O)C[C@@H]2C[C@H]3CC[C@H]2C3)cc1C. The maximum Gasteiger partial charge on any atom is 0.232 e. The average Bonchev–Trinajstić information content (AvgIpc) is 3.12. The Hall–Kier alpha value is -1.56. The van der Waals surface area contributed by atoms with E-state index in [4.69, 9.17) is 0 Å². The van der Waals surface area contributed by atoms with Gasteiger partial charge < -0.3 is 5.32 Å². The van der Waals surface area contributed by atoms with Gasteiger partial charge in [0.15, 0.2) is 0 Å². The van der Waals surface area contributed by atoms with Crippen LogP contribution in [0.25, 0.3) is 0 Å². The molecule has 132 valence electrons. The second-order valence-corrected chi connectivity index (χ2v) is 9.23. The minimum atomic E-state index is -3.29. The molecule has 0 unspecified atom stereocenters. The lowest BCUT2D eigenvalue weighted by atomic mass is 9.86. The molecule has 2 aliphatic rings. The smallest absolute Gasteiger partial charge is 0.232 e. The van der Waals surface area contributed by atoms with Gasteiger partial charge in [0.25, 0.3) is 0 Å². The highest BCUT2D eigenvalue weighted by Crippen LogP contribution is 2.49. The standard InChI is InChI=1S/C18H26N2O3S/c1-3-24(22,23)20-17-7-6-16(8-12(17)2)19-18(21)11-15-10-13-4-5-14(15)9-13/h6-8,13-15,20H,3-5,9-11H2,1-2H3,(H,19,21)/t13-,14-,15-/m0/s1. The van der Waals surface area contributed by atoms with Crippen LogP contribution in [0.2, 0.25) is 0 Å². The summed E-state index contributed by atoms with van der Waals surface area (Å²) < 4.78 is 25.9. The van der Waals surface area contributed by atoms with Gasteiger partial charge in [-0.3, -0.25) is 9.52 Å². The minimum Gasteiger partial charge on any atom is -0.326 e. The predicted molar refractivity (Wildman–Crippen MR) is 96.4 cm³/mol. The van der Waals surface area contributed by atoms with Crippen molar-refractivity contribution in [2.75, 3.05) is 15.8 Å². The largest absolute Gasteiger partial charge is 0.326 e. The fraction of sp³-hybridized carbons (Fsp3) is 0.611. The highest BCUT2D eigenvalue weighted by Gasteiger charge is 2.40. The number of benzene rings is 1. The van der Waals surface area contributed by atoms with E-state index in [1.165, 1.54) is 25.7 Å². The Morgan fingerprint density at radius 2 is 2.04 bits per heavy atom. The molecule has 0 radical (unpaired) electrons. The van der Waals surface area contributed by atoms with Crippen molar-refractivity contribution in [1.29, 1.82) is 0 Å². The van der Waals surface area contributed by atoms with Crippen molar-refractivity contribution < 1.29 is 13.2 Å². The van der Waals surface area contributed by atoms with Gasteiger partial charge in [0, 0.05) is 12.1 Å². The number of fused-ring (bicyclic) bond motifs is 2. The fourth-order valence-corrected chi connectivity index (χ4v) is 4.88. The number of nitrogens with one attached hydrogen (secondary N) is 2. The van der Waals surface area contributed by atoms with Crippen molar-refractivity contribution in [1.82, 2.24) is 0 Å². The first-order valence-corrected chi connectivity index (χ1v) is 10.4. The number of amides is 1. The topological polar surface area (TPSA) is 75.3 Å². The van der Waals surface area contributed by atoms with Crippen molar-refractivity contribution >= 4 is 27.3 Å². The first-order chi connectivity index (χ1) is 11.4. The zero-order valence-electron chi connectivity index (χ0n) is 14.3. The summed E-state index contributed by atoms with van der Waals surface area (Å²) in [6.45, 7) is 3.43. The van der Waals surface area contributed by atoms with Crippen LogP contribution in [0.4, 0.5) is 11.4 Å². The maximum atomic E-state index is 12.3. The molecule has 6 heteroatoms. The molecule has 0 spiro atoms. The van der Waals surface area contributed by atoms with Crippen molar-refractivity contribution in [3.63, 3.8) is 0 Å². The second-order valence-electron chi connectivity index (χ2n) is 7.22. The zero-order valence-corrected chi connectivity index (χ0v) is 15.2. The Balaban J connectivity index is 1.59. The van der Waals surface area contributed by atoms with Gasteiger partial charge in [-0.2, -0.15) is 0 Å². The highest BCUT2D eigenvalue weighted by atomic mass is 32.2. The van der Waals surface area contributed by atoms with E-state index in [2.05, 4.69) is 10.0 Å². The summed E-state index contributed by atoms with van der Waals surface area (Å²) in [6.07, 6.45) is 5.74. The van der Waals surface area contributed by atoms with Gasteiger partial charge in [0.1, 0.15) is 0 Å². The molecule has 3 atom stereocenters. The Morgan fingerprint density at radius 1 is 1.25 bits per heavy atom. The van der Waals surface area contributed by atoms with E-state index in [0.717, 1.165) is 23.1 Å². The molecule has 2 saturated carbocycles. The van der Waals surface area contributed by atoms with Crippen LogP contribution in [0.1, 0.15) is 44.6 Å². The van der Waals surface area contributed by atoms with E-state index >= 15 is 0 Å². The van der Waals surface area contributed by atoms with Crippen LogP contribution in [0.15, 0.2) is 18.2 Å². The molecule has 2 fully saturated rings. The summed E-state index contributed by atoms with van der Waals surface area (Å²) in [5, 5.41) is 2.96. The first kappa shape index (κ1) is 17.3. The fourth-order valence-electron chi connectivity index (χ4n) is 4.17. The summed E-state index contributed by atoms with van der Waals surface area (Å²) in [5.74, 6) is 2.23. The van der Waals surface area contributed by atoms with Crippen molar-refractivity contribution in [3.05, 3.63) is 23.8 Å². The number of hydrogen-bond acceptors (Lipinski definition) is 3. The Labute approximate surface area is 144 Å². The van der Waals surface area contributed by atoms with Crippen LogP contribution in [0.3, 0.4) is 0 Å². The molecule has 5 nitrogen and oxygen atoms in total. The normalized spacial score (nSPS) is 25.7. The molecular formula is C18H26N2O3S. The van der Waals surface area contributed by atoms with Gasteiger partial charge in [0.05, 0.1) is 11.4 Å². The van der Waals surface area contributed by atoms with E-state index in [1.807, 2.05) is 13.0 Å². The molecule has 0 saturated heterocycles. The molecule has 24 heavy (non-hydrogen) atoms. The third-order valence-corrected chi connectivity index (χ3v) is 6.78. The van der Waals surface area contributed by atoms with Crippen LogP contribution < -0.4 is 10.0 Å². The quantitative estimate of drug-likeness (QED) is 0.824. The van der Waals surface area contributed by atoms with E-state index < -0.39 is 10.0 Å². The van der Waals surface area contributed by atoms with Crippen molar-refractivity contribution in [2.45, 2.75) is 46.0 Å². The van der Waals surface area contributed by atoms with Gasteiger partial charge in [-0.15, -0.1) is 0 Å². The zero-order chi connectivity index (χ0) is 17.3. The molecule has 1 amide bonds. The van der Waals surface area contributed by atoms with Crippen LogP contribution in [-0.4, -0.2) is 20.1 Å². The summed E-state index contributed by atoms with van der Waals surface area (Å²) >= 11 is 0. The van der Waals surface area contributed by atoms with Gasteiger partial charge in [-0.1, -0.05) is 6.42 Å². The Morgan fingerprint density at radius 3 is 2.62 bits per heavy atom. The highest BCUT2D eigenvalue weighted by molar-refractivity contribution is 7.92. The van der Waals surface area contributed by atoms with Crippen LogP contribution in [-0.2, 0) is 14.8 Å². The predicted octanol–water partition coefficient (Wildman–Crippen LogP) is 3.52. The second kappa shape index (κ2) is 6.75. The number of sulfonamides is 1. The molecule has 3 rings (SSSR count). The van der Waals surface area contributed by atoms with E-state index in [1.54, 1.807) is 19.1 Å². The molecule has 0 aliphatic heterocycles. The average molecular weight is 350 g/mol. The maximum absolute atomic E-state index is 12.3. The molecule has 2 bridgehead atoms. The Kier molecular flexibility index (Phi) is 4.85. The number of carbonyl (C=O) groups excluding carboxylic acids is 1. The molecule has 1 aromatic rings. The number of aryl methyl sites for hydroxylation is 1. The molecule has 1 aromatic carbocycles. The molecule has 0 aromatic heterocycles. The summed E-state index contributed by atoms with van der Waals surface area (Å²) in [7, 11) is -3.29. The molecule has 2 aliphatic carbocycles. The summed E-state index contributed by atoms with van der Waals surface area (Å²) in [6, 6.07) is 5.26. The van der Waals surface area contributed by atoms with Gasteiger partial charge >= 0.3 is 0 Å². The summed E-state index contributed by atoms with van der Waals surface area (Å²) in [5.41, 5.74) is 2.08. The number of carbonyl (C=O) groups is 1. The van der Waals surface area contributed by atoms with Gasteiger partial charge in [-0.25, -0.2) is 8.42 Å². The summed E-state index contributed by atoms with van der Waals surface area (Å²) in [4.78, 5) is 12.3. The third kappa shape index (κ3) is 3.91. The van der Waals surface area contributed by atoms with Crippen LogP contribution in [0.5, 0.6) is 0 Å². The van der Waals surface area contributed by atoms with Crippen LogP contribution in [0, 0.1) is 24.7 Å². The lowest BCUT2D eigenvalue weighted by molar-refractivity contribution is -0.117. The molecule has 2 N–H and O–H groups in total. The lowest BCUT2D eigenvalue weighted by Gasteiger charge is -2.21. The van der Waals surface area contributed by atoms with E-state index in [9.17, 15) is 13.2 Å². The van der Waals surface area contributed by atoms with Crippen molar-refractivity contribution in [2.24, 2.45) is 17.8 Å².